The molecule has 0 bridgehead atoms. The lowest BCUT2D eigenvalue weighted by molar-refractivity contribution is -0.122. The molecule has 0 aliphatic carbocycles. The Kier molecular flexibility index (Phi) is 6.80. The Labute approximate surface area is 141 Å². The molecule has 2 aromatic rings. The minimum atomic E-state index is -0.152. The van der Waals surface area contributed by atoms with Gasteiger partial charge in [0.1, 0.15) is 5.75 Å². The highest BCUT2D eigenvalue weighted by atomic mass is 32.2. The van der Waals surface area contributed by atoms with Crippen molar-refractivity contribution in [3.8, 4) is 5.75 Å². The first-order chi connectivity index (χ1) is 11.2. The lowest BCUT2D eigenvalue weighted by atomic mass is 10.2. The lowest BCUT2D eigenvalue weighted by Gasteiger charge is -2.16. The third kappa shape index (κ3) is 4.91. The molecular formula is C17H24N2O3S. The van der Waals surface area contributed by atoms with Gasteiger partial charge < -0.3 is 19.7 Å². The second-order valence-corrected chi connectivity index (χ2v) is 6.40. The summed E-state index contributed by atoms with van der Waals surface area (Å²) in [6.45, 7) is 0.598. The van der Waals surface area contributed by atoms with E-state index in [1.165, 1.54) is 0 Å². The van der Waals surface area contributed by atoms with E-state index >= 15 is 0 Å². The summed E-state index contributed by atoms with van der Waals surface area (Å²) < 4.78 is 7.28. The zero-order valence-corrected chi connectivity index (χ0v) is 14.4. The van der Waals surface area contributed by atoms with E-state index in [0.29, 0.717) is 13.0 Å². The van der Waals surface area contributed by atoms with Crippen LogP contribution in [0.4, 0.5) is 0 Å². The number of carbonyl (C=O) groups is 1. The number of hydrogen-bond acceptors (Lipinski definition) is 4. The first-order valence-corrected chi connectivity index (χ1v) is 9.09. The second-order valence-electron chi connectivity index (χ2n) is 5.41. The van der Waals surface area contributed by atoms with Crippen molar-refractivity contribution >= 4 is 28.6 Å². The molecule has 126 valence electrons. The summed E-state index contributed by atoms with van der Waals surface area (Å²) in [6.07, 6.45) is 5.18. The third-order valence-electron chi connectivity index (χ3n) is 3.81. The van der Waals surface area contributed by atoms with E-state index in [1.54, 1.807) is 18.9 Å². The van der Waals surface area contributed by atoms with Crippen LogP contribution in [-0.4, -0.2) is 47.3 Å². The molecule has 2 rings (SSSR count). The zero-order chi connectivity index (χ0) is 16.7. The van der Waals surface area contributed by atoms with Crippen LogP contribution in [0.2, 0.25) is 0 Å². The van der Waals surface area contributed by atoms with Gasteiger partial charge in [-0.3, -0.25) is 4.79 Å². The van der Waals surface area contributed by atoms with Gasteiger partial charge in [-0.05, 0) is 42.7 Å². The van der Waals surface area contributed by atoms with Crippen LogP contribution >= 0.6 is 11.8 Å². The maximum absolute atomic E-state index is 12.0. The van der Waals surface area contributed by atoms with Crippen molar-refractivity contribution in [1.29, 1.82) is 0 Å². The third-order valence-corrected chi connectivity index (χ3v) is 4.46. The molecule has 5 nitrogen and oxygen atoms in total. The van der Waals surface area contributed by atoms with Gasteiger partial charge >= 0.3 is 0 Å². The molecule has 1 atom stereocenters. The molecule has 0 aliphatic heterocycles. The molecule has 0 radical (unpaired) electrons. The van der Waals surface area contributed by atoms with E-state index < -0.39 is 0 Å². The molecule has 1 amide bonds. The quantitative estimate of drug-likeness (QED) is 0.737. The van der Waals surface area contributed by atoms with Crippen LogP contribution in [0.3, 0.4) is 0 Å². The molecular weight excluding hydrogens is 312 g/mol. The minimum absolute atomic E-state index is 0.0153. The number of hydrogen-bond donors (Lipinski definition) is 2. The maximum atomic E-state index is 12.0. The van der Waals surface area contributed by atoms with Crippen LogP contribution in [0.15, 0.2) is 30.5 Å². The number of thioether (sulfide) groups is 1. The molecule has 0 spiro atoms. The number of rotatable bonds is 9. The monoisotopic (exact) mass is 336 g/mol. The Morgan fingerprint density at radius 3 is 2.96 bits per heavy atom. The molecule has 2 N–H and O–H groups in total. The SMILES string of the molecule is COc1ccc2c(ccn2CCC(=O)N[C@H](CO)CCSC)c1. The Hall–Kier alpha value is -1.66. The summed E-state index contributed by atoms with van der Waals surface area (Å²) in [5, 5.41) is 13.3. The van der Waals surface area contributed by atoms with E-state index in [2.05, 4.69) is 9.88 Å². The van der Waals surface area contributed by atoms with E-state index in [9.17, 15) is 9.90 Å². The van der Waals surface area contributed by atoms with Crippen LogP contribution in [0.1, 0.15) is 12.8 Å². The molecule has 1 aromatic carbocycles. The maximum Gasteiger partial charge on any atom is 0.222 e. The van der Waals surface area contributed by atoms with Crippen molar-refractivity contribution in [1.82, 2.24) is 9.88 Å². The highest BCUT2D eigenvalue weighted by Gasteiger charge is 2.11. The molecule has 1 heterocycles. The fourth-order valence-corrected chi connectivity index (χ4v) is 3.01. The molecule has 0 fully saturated rings. The van der Waals surface area contributed by atoms with Crippen LogP contribution in [0.5, 0.6) is 5.75 Å². The summed E-state index contributed by atoms with van der Waals surface area (Å²) in [5.41, 5.74) is 1.08. The molecule has 23 heavy (non-hydrogen) atoms. The topological polar surface area (TPSA) is 63.5 Å². The average Bonchev–Trinajstić information content (AvgIpc) is 2.98. The summed E-state index contributed by atoms with van der Waals surface area (Å²) >= 11 is 1.71. The zero-order valence-electron chi connectivity index (χ0n) is 13.6. The van der Waals surface area contributed by atoms with Gasteiger partial charge in [0.05, 0.1) is 19.8 Å². The van der Waals surface area contributed by atoms with Crippen LogP contribution in [0.25, 0.3) is 10.9 Å². The first kappa shape index (κ1) is 17.7. The fraction of sp³-hybridized carbons (Fsp3) is 0.471. The Bertz CT molecular complexity index is 642. The molecule has 0 unspecified atom stereocenters. The largest absolute Gasteiger partial charge is 0.497 e. The Morgan fingerprint density at radius 2 is 2.26 bits per heavy atom. The Balaban J connectivity index is 1.91. The highest BCUT2D eigenvalue weighted by molar-refractivity contribution is 7.98. The smallest absolute Gasteiger partial charge is 0.222 e. The number of methoxy groups -OCH3 is 1. The number of nitrogens with one attached hydrogen (secondary N) is 1. The Morgan fingerprint density at radius 1 is 1.43 bits per heavy atom. The van der Waals surface area contributed by atoms with Crippen LogP contribution in [0, 0.1) is 0 Å². The molecule has 0 saturated heterocycles. The van der Waals surface area contributed by atoms with Crippen molar-refractivity contribution < 1.29 is 14.6 Å². The number of carbonyl (C=O) groups excluding carboxylic acids is 1. The minimum Gasteiger partial charge on any atom is -0.497 e. The van der Waals surface area contributed by atoms with Crippen LogP contribution < -0.4 is 10.1 Å². The van der Waals surface area contributed by atoms with Crippen molar-refractivity contribution in [2.24, 2.45) is 0 Å². The predicted octanol–water partition coefficient (Wildman–Crippen LogP) is 2.27. The van der Waals surface area contributed by atoms with E-state index in [1.807, 2.05) is 36.7 Å². The van der Waals surface area contributed by atoms with Gasteiger partial charge in [0.15, 0.2) is 0 Å². The summed E-state index contributed by atoms with van der Waals surface area (Å²) in [7, 11) is 1.65. The van der Waals surface area contributed by atoms with Gasteiger partial charge in [-0.15, -0.1) is 0 Å². The lowest BCUT2D eigenvalue weighted by Crippen LogP contribution is -2.38. The summed E-state index contributed by atoms with van der Waals surface area (Å²) in [4.78, 5) is 12.0. The molecule has 0 saturated carbocycles. The van der Waals surface area contributed by atoms with Crippen molar-refractivity contribution in [2.75, 3.05) is 25.7 Å². The molecule has 1 aromatic heterocycles. The van der Waals surface area contributed by atoms with Crippen molar-refractivity contribution in [2.45, 2.75) is 25.4 Å². The number of aryl methyl sites for hydroxylation is 1. The number of aliphatic hydroxyl groups is 1. The number of amides is 1. The van der Waals surface area contributed by atoms with E-state index in [0.717, 1.165) is 28.8 Å². The standard InChI is InChI=1S/C17H24N2O3S/c1-22-15-3-4-16-13(11-15)5-8-19(16)9-6-17(21)18-14(12-20)7-10-23-2/h3-5,8,11,14,20H,6-7,9-10,12H2,1-2H3,(H,18,21)/t14-/m0/s1. The fourth-order valence-electron chi connectivity index (χ4n) is 2.49. The van der Waals surface area contributed by atoms with Gasteiger partial charge in [-0.2, -0.15) is 11.8 Å². The van der Waals surface area contributed by atoms with E-state index in [-0.39, 0.29) is 18.6 Å². The molecule has 0 aliphatic rings. The number of nitrogens with zero attached hydrogens (tertiary/aromatic N) is 1. The van der Waals surface area contributed by atoms with Gasteiger partial charge in [0.2, 0.25) is 5.91 Å². The number of benzene rings is 1. The molecule has 6 heteroatoms. The number of fused-ring (bicyclic) bond motifs is 1. The normalized spacial score (nSPS) is 12.3. The average molecular weight is 336 g/mol. The number of aromatic nitrogens is 1. The van der Waals surface area contributed by atoms with Gasteiger partial charge in [-0.1, -0.05) is 0 Å². The van der Waals surface area contributed by atoms with E-state index in [4.69, 9.17) is 4.74 Å². The van der Waals surface area contributed by atoms with Gasteiger partial charge in [0, 0.05) is 30.1 Å². The van der Waals surface area contributed by atoms with Crippen molar-refractivity contribution in [3.05, 3.63) is 30.5 Å². The first-order valence-electron chi connectivity index (χ1n) is 7.70. The number of ether oxygens (including phenoxy) is 1. The van der Waals surface area contributed by atoms with Gasteiger partial charge in [0.25, 0.3) is 0 Å². The summed E-state index contributed by atoms with van der Waals surface area (Å²) in [6, 6.07) is 7.77. The van der Waals surface area contributed by atoms with Gasteiger partial charge in [-0.25, -0.2) is 0 Å². The van der Waals surface area contributed by atoms with Crippen molar-refractivity contribution in [3.63, 3.8) is 0 Å². The second kappa shape index (κ2) is 8.84. The number of aliphatic hydroxyl groups excluding tert-OH is 1. The van der Waals surface area contributed by atoms with Crippen LogP contribution in [-0.2, 0) is 11.3 Å². The predicted molar refractivity (Wildman–Crippen MR) is 95.1 cm³/mol. The highest BCUT2D eigenvalue weighted by Crippen LogP contribution is 2.22. The summed E-state index contributed by atoms with van der Waals surface area (Å²) in [5.74, 6) is 1.73.